The van der Waals surface area contributed by atoms with E-state index in [1.54, 1.807) is 4.57 Å². The zero-order chi connectivity index (χ0) is 17.5. The van der Waals surface area contributed by atoms with Crippen LogP contribution in [0.2, 0.25) is 0 Å². The van der Waals surface area contributed by atoms with Crippen molar-refractivity contribution in [1.29, 1.82) is 0 Å². The van der Waals surface area contributed by atoms with E-state index >= 15 is 0 Å². The van der Waals surface area contributed by atoms with Crippen molar-refractivity contribution < 1.29 is 13.2 Å². The number of halogens is 3. The van der Waals surface area contributed by atoms with Gasteiger partial charge in [0.25, 0.3) is 0 Å². The summed E-state index contributed by atoms with van der Waals surface area (Å²) < 4.78 is 40.1. The van der Waals surface area contributed by atoms with Gasteiger partial charge in [0.2, 0.25) is 5.95 Å². The highest BCUT2D eigenvalue weighted by molar-refractivity contribution is 5.79. The molecule has 0 aliphatic heterocycles. The van der Waals surface area contributed by atoms with Gasteiger partial charge < -0.3 is 15.2 Å². The fourth-order valence-electron chi connectivity index (χ4n) is 2.57. The fourth-order valence-corrected chi connectivity index (χ4v) is 2.57. The number of benzene rings is 2. The second kappa shape index (κ2) is 5.74. The van der Waals surface area contributed by atoms with E-state index in [1.165, 1.54) is 6.07 Å². The quantitative estimate of drug-likeness (QED) is 0.793. The number of nitrogen functional groups attached to an aromatic ring is 1. The van der Waals surface area contributed by atoms with Crippen LogP contribution in [0.4, 0.5) is 24.8 Å². The summed E-state index contributed by atoms with van der Waals surface area (Å²) in [5.41, 5.74) is 8.06. The molecule has 0 saturated carbocycles. The predicted molar refractivity (Wildman–Crippen MR) is 89.0 cm³/mol. The SMILES string of the molecule is CN(C)c1ccc(Cn2c(N)nc3cc(C(F)(F)F)ccc32)cc1. The van der Waals surface area contributed by atoms with Crippen LogP contribution in [0.25, 0.3) is 11.0 Å². The van der Waals surface area contributed by atoms with Crippen molar-refractivity contribution in [3.63, 3.8) is 0 Å². The zero-order valence-electron chi connectivity index (χ0n) is 13.3. The van der Waals surface area contributed by atoms with E-state index in [0.717, 1.165) is 23.4 Å². The van der Waals surface area contributed by atoms with Crippen LogP contribution in [0.5, 0.6) is 0 Å². The largest absolute Gasteiger partial charge is 0.416 e. The third-order valence-electron chi connectivity index (χ3n) is 3.90. The van der Waals surface area contributed by atoms with Gasteiger partial charge in [0.1, 0.15) is 0 Å². The molecule has 24 heavy (non-hydrogen) atoms. The molecular formula is C17H17F3N4. The van der Waals surface area contributed by atoms with Crippen molar-refractivity contribution in [2.24, 2.45) is 0 Å². The first-order chi connectivity index (χ1) is 11.3. The Labute approximate surface area is 137 Å². The smallest absolute Gasteiger partial charge is 0.378 e. The van der Waals surface area contributed by atoms with Gasteiger partial charge in [0.15, 0.2) is 0 Å². The first-order valence-electron chi connectivity index (χ1n) is 7.35. The van der Waals surface area contributed by atoms with Crippen molar-refractivity contribution in [2.45, 2.75) is 12.7 Å². The summed E-state index contributed by atoms with van der Waals surface area (Å²) in [6.45, 7) is 0.446. The Balaban J connectivity index is 1.96. The molecular weight excluding hydrogens is 317 g/mol. The lowest BCUT2D eigenvalue weighted by Gasteiger charge is -2.13. The minimum absolute atomic E-state index is 0.195. The highest BCUT2D eigenvalue weighted by Gasteiger charge is 2.31. The van der Waals surface area contributed by atoms with Crippen LogP contribution >= 0.6 is 0 Å². The molecule has 7 heteroatoms. The maximum Gasteiger partial charge on any atom is 0.416 e. The van der Waals surface area contributed by atoms with Gasteiger partial charge in [-0.2, -0.15) is 13.2 Å². The molecule has 0 fully saturated rings. The standard InChI is InChI=1S/C17H17F3N4/c1-23(2)13-6-3-11(4-7-13)10-24-15-8-5-12(17(18,19)20)9-14(15)22-16(24)21/h3-9H,10H2,1-2H3,(H2,21,22). The average molecular weight is 334 g/mol. The Morgan fingerprint density at radius 1 is 1.08 bits per heavy atom. The van der Waals surface area contributed by atoms with Crippen molar-refractivity contribution in [1.82, 2.24) is 9.55 Å². The summed E-state index contributed by atoms with van der Waals surface area (Å²) >= 11 is 0. The van der Waals surface area contributed by atoms with Crippen molar-refractivity contribution in [2.75, 3.05) is 24.7 Å². The van der Waals surface area contributed by atoms with E-state index in [4.69, 9.17) is 5.73 Å². The number of imidazole rings is 1. The number of aromatic nitrogens is 2. The zero-order valence-corrected chi connectivity index (χ0v) is 13.3. The minimum atomic E-state index is -4.39. The van der Waals surface area contributed by atoms with Crippen LogP contribution in [0.3, 0.4) is 0 Å². The minimum Gasteiger partial charge on any atom is -0.378 e. The van der Waals surface area contributed by atoms with Gasteiger partial charge in [0, 0.05) is 19.8 Å². The first-order valence-corrected chi connectivity index (χ1v) is 7.35. The summed E-state index contributed by atoms with van der Waals surface area (Å²) in [5, 5.41) is 0. The molecule has 0 bridgehead atoms. The third-order valence-corrected chi connectivity index (χ3v) is 3.90. The van der Waals surface area contributed by atoms with Gasteiger partial charge in [-0.1, -0.05) is 12.1 Å². The molecule has 3 rings (SSSR count). The monoisotopic (exact) mass is 334 g/mol. The molecule has 0 radical (unpaired) electrons. The molecule has 1 aromatic heterocycles. The lowest BCUT2D eigenvalue weighted by Crippen LogP contribution is -2.09. The van der Waals surface area contributed by atoms with Crippen molar-refractivity contribution in [3.8, 4) is 0 Å². The molecule has 0 aliphatic carbocycles. The van der Waals surface area contributed by atoms with Gasteiger partial charge in [-0.3, -0.25) is 0 Å². The molecule has 0 saturated heterocycles. The topological polar surface area (TPSA) is 47.1 Å². The first kappa shape index (κ1) is 16.2. The molecule has 0 spiro atoms. The van der Waals surface area contributed by atoms with E-state index in [0.29, 0.717) is 12.1 Å². The number of hydrogen-bond acceptors (Lipinski definition) is 3. The van der Waals surface area contributed by atoms with Gasteiger partial charge in [0.05, 0.1) is 23.1 Å². The van der Waals surface area contributed by atoms with Crippen molar-refractivity contribution in [3.05, 3.63) is 53.6 Å². The van der Waals surface area contributed by atoms with Crippen LogP contribution < -0.4 is 10.6 Å². The molecule has 4 nitrogen and oxygen atoms in total. The molecule has 2 aromatic carbocycles. The van der Waals surface area contributed by atoms with E-state index in [1.807, 2.05) is 43.3 Å². The Kier molecular flexibility index (Phi) is 3.87. The summed E-state index contributed by atoms with van der Waals surface area (Å²) in [5.74, 6) is 0.195. The number of fused-ring (bicyclic) bond motifs is 1. The summed E-state index contributed by atoms with van der Waals surface area (Å²) in [7, 11) is 3.91. The fraction of sp³-hybridized carbons (Fsp3) is 0.235. The predicted octanol–water partition coefficient (Wildman–Crippen LogP) is 3.75. The van der Waals surface area contributed by atoms with Crippen molar-refractivity contribution >= 4 is 22.7 Å². The maximum absolute atomic E-state index is 12.8. The number of nitrogens with two attached hydrogens (primary N) is 1. The van der Waals surface area contributed by atoms with Crippen LogP contribution in [-0.2, 0) is 12.7 Å². The maximum atomic E-state index is 12.8. The normalized spacial score (nSPS) is 11.9. The second-order valence-electron chi connectivity index (χ2n) is 5.82. The summed E-state index contributed by atoms with van der Waals surface area (Å²) in [6.07, 6.45) is -4.39. The van der Waals surface area contributed by atoms with E-state index in [2.05, 4.69) is 4.98 Å². The van der Waals surface area contributed by atoms with Gasteiger partial charge in [-0.25, -0.2) is 4.98 Å². The second-order valence-corrected chi connectivity index (χ2v) is 5.82. The number of rotatable bonds is 3. The number of hydrogen-bond donors (Lipinski definition) is 1. The Morgan fingerprint density at radius 3 is 2.33 bits per heavy atom. The van der Waals surface area contributed by atoms with E-state index in [-0.39, 0.29) is 11.5 Å². The van der Waals surface area contributed by atoms with Crippen LogP contribution in [0.1, 0.15) is 11.1 Å². The van der Waals surface area contributed by atoms with Crippen LogP contribution in [0.15, 0.2) is 42.5 Å². The third kappa shape index (κ3) is 3.02. The Bertz CT molecular complexity index is 864. The lowest BCUT2D eigenvalue weighted by molar-refractivity contribution is -0.137. The molecule has 126 valence electrons. The molecule has 3 aromatic rings. The van der Waals surface area contributed by atoms with Crippen LogP contribution in [0, 0.1) is 0 Å². The number of anilines is 2. The van der Waals surface area contributed by atoms with E-state index < -0.39 is 11.7 Å². The highest BCUT2D eigenvalue weighted by Crippen LogP contribution is 2.32. The molecule has 0 atom stereocenters. The summed E-state index contributed by atoms with van der Waals surface area (Å²) in [6, 6.07) is 11.4. The van der Waals surface area contributed by atoms with Gasteiger partial charge >= 0.3 is 6.18 Å². The molecule has 2 N–H and O–H groups in total. The molecule has 1 heterocycles. The Hall–Kier alpha value is -2.70. The number of nitrogens with zero attached hydrogens (tertiary/aromatic N) is 3. The van der Waals surface area contributed by atoms with Crippen LogP contribution in [-0.4, -0.2) is 23.6 Å². The Morgan fingerprint density at radius 2 is 1.75 bits per heavy atom. The number of alkyl halides is 3. The molecule has 0 amide bonds. The average Bonchev–Trinajstić information content (AvgIpc) is 2.82. The van der Waals surface area contributed by atoms with Gasteiger partial charge in [-0.05, 0) is 35.9 Å². The molecule has 0 unspecified atom stereocenters. The molecule has 0 aliphatic rings. The highest BCUT2D eigenvalue weighted by atomic mass is 19.4. The van der Waals surface area contributed by atoms with E-state index in [9.17, 15) is 13.2 Å². The lowest BCUT2D eigenvalue weighted by atomic mass is 10.1. The summed E-state index contributed by atoms with van der Waals surface area (Å²) in [4.78, 5) is 6.05. The van der Waals surface area contributed by atoms with Gasteiger partial charge in [-0.15, -0.1) is 0 Å².